The van der Waals surface area contributed by atoms with Crippen molar-refractivity contribution in [3.05, 3.63) is 16.6 Å². The van der Waals surface area contributed by atoms with Crippen LogP contribution in [0.1, 0.15) is 37.1 Å². The van der Waals surface area contributed by atoms with Crippen molar-refractivity contribution in [2.75, 3.05) is 39.4 Å². The Morgan fingerprint density at radius 2 is 2.10 bits per heavy atom. The average molecular weight is 295 g/mol. The lowest BCUT2D eigenvalue weighted by Crippen LogP contribution is -2.42. The highest BCUT2D eigenvalue weighted by atomic mass is 32.1. The van der Waals surface area contributed by atoms with E-state index in [4.69, 9.17) is 4.74 Å². The van der Waals surface area contributed by atoms with Crippen LogP contribution < -0.4 is 5.32 Å². The van der Waals surface area contributed by atoms with E-state index in [9.17, 15) is 0 Å². The second kappa shape index (κ2) is 6.98. The zero-order chi connectivity index (χ0) is 13.7. The Labute approximate surface area is 125 Å². The molecule has 0 aromatic carbocycles. The highest BCUT2D eigenvalue weighted by Gasteiger charge is 2.37. The molecule has 1 aliphatic carbocycles. The topological polar surface area (TPSA) is 37.4 Å². The first-order valence-electron chi connectivity index (χ1n) is 7.84. The first-order chi connectivity index (χ1) is 9.89. The third-order valence-electron chi connectivity index (χ3n) is 4.52. The Bertz CT molecular complexity index is 384. The second-order valence-corrected chi connectivity index (χ2v) is 6.76. The second-order valence-electron chi connectivity index (χ2n) is 5.86. The minimum Gasteiger partial charge on any atom is -0.379 e. The number of nitrogens with one attached hydrogen (secondary N) is 1. The van der Waals surface area contributed by atoms with Crippen LogP contribution in [0.4, 0.5) is 0 Å². The molecule has 0 bridgehead atoms. The van der Waals surface area contributed by atoms with Gasteiger partial charge in [0, 0.05) is 24.7 Å². The van der Waals surface area contributed by atoms with E-state index < -0.39 is 0 Å². The van der Waals surface area contributed by atoms with Gasteiger partial charge in [-0.3, -0.25) is 4.90 Å². The lowest BCUT2D eigenvalue weighted by atomic mass is 9.98. The molecule has 0 amide bonds. The van der Waals surface area contributed by atoms with Gasteiger partial charge in [-0.2, -0.15) is 0 Å². The SMILES string of the molecule is c1csc(C2(NCCCN3CCOCC3)CCCC2)n1. The lowest BCUT2D eigenvalue weighted by molar-refractivity contribution is 0.0372. The Balaban J connectivity index is 1.46. The van der Waals surface area contributed by atoms with Crippen LogP contribution in [0.3, 0.4) is 0 Å². The zero-order valence-corrected chi connectivity index (χ0v) is 13.0. The van der Waals surface area contributed by atoms with E-state index in [1.807, 2.05) is 6.20 Å². The van der Waals surface area contributed by atoms with Gasteiger partial charge in [0.25, 0.3) is 0 Å². The Kier molecular flexibility index (Phi) is 5.04. The summed E-state index contributed by atoms with van der Waals surface area (Å²) in [6.07, 6.45) is 8.31. The molecule has 2 fully saturated rings. The van der Waals surface area contributed by atoms with E-state index in [1.165, 1.54) is 43.7 Å². The molecule has 0 spiro atoms. The van der Waals surface area contributed by atoms with Crippen LogP contribution in [0.15, 0.2) is 11.6 Å². The van der Waals surface area contributed by atoms with Gasteiger partial charge in [0.2, 0.25) is 0 Å². The van der Waals surface area contributed by atoms with Crippen molar-refractivity contribution < 1.29 is 4.74 Å². The molecule has 0 atom stereocenters. The monoisotopic (exact) mass is 295 g/mol. The van der Waals surface area contributed by atoms with Crippen molar-refractivity contribution in [3.63, 3.8) is 0 Å². The van der Waals surface area contributed by atoms with Crippen molar-refractivity contribution in [2.45, 2.75) is 37.6 Å². The Hall–Kier alpha value is -0.490. The van der Waals surface area contributed by atoms with Crippen LogP contribution in [-0.2, 0) is 10.3 Å². The lowest BCUT2D eigenvalue weighted by Gasteiger charge is -2.30. The maximum Gasteiger partial charge on any atom is 0.113 e. The predicted molar refractivity (Wildman–Crippen MR) is 82.1 cm³/mol. The van der Waals surface area contributed by atoms with Gasteiger partial charge in [-0.1, -0.05) is 12.8 Å². The summed E-state index contributed by atoms with van der Waals surface area (Å²) >= 11 is 1.80. The number of nitrogens with zero attached hydrogens (tertiary/aromatic N) is 2. The molecule has 0 radical (unpaired) electrons. The highest BCUT2D eigenvalue weighted by Crippen LogP contribution is 2.39. The molecule has 0 unspecified atom stereocenters. The van der Waals surface area contributed by atoms with Crippen molar-refractivity contribution in [3.8, 4) is 0 Å². The van der Waals surface area contributed by atoms with Gasteiger partial charge in [0.1, 0.15) is 5.01 Å². The molecule has 1 N–H and O–H groups in total. The maximum atomic E-state index is 5.39. The summed E-state index contributed by atoms with van der Waals surface area (Å²) in [4.78, 5) is 7.08. The number of rotatable bonds is 6. The van der Waals surface area contributed by atoms with Crippen LogP contribution in [0.5, 0.6) is 0 Å². The number of hydrogen-bond donors (Lipinski definition) is 1. The molecular formula is C15H25N3OS. The van der Waals surface area contributed by atoms with E-state index in [0.29, 0.717) is 0 Å². The fourth-order valence-corrected chi connectivity index (χ4v) is 4.23. The number of morpholine rings is 1. The highest BCUT2D eigenvalue weighted by molar-refractivity contribution is 7.09. The van der Waals surface area contributed by atoms with Crippen molar-refractivity contribution in [1.82, 2.24) is 15.2 Å². The molecule has 1 aromatic heterocycles. The molecule has 112 valence electrons. The molecule has 2 aliphatic rings. The van der Waals surface area contributed by atoms with Crippen LogP contribution >= 0.6 is 11.3 Å². The normalized spacial score (nSPS) is 23.2. The Morgan fingerprint density at radius 1 is 1.30 bits per heavy atom. The summed E-state index contributed by atoms with van der Waals surface area (Å²) < 4.78 is 5.39. The van der Waals surface area contributed by atoms with Gasteiger partial charge in [0.15, 0.2) is 0 Å². The summed E-state index contributed by atoms with van der Waals surface area (Å²) in [5.74, 6) is 0. The minimum atomic E-state index is 0.180. The van der Waals surface area contributed by atoms with E-state index in [2.05, 4.69) is 20.6 Å². The summed E-state index contributed by atoms with van der Waals surface area (Å²) in [6.45, 7) is 6.27. The van der Waals surface area contributed by atoms with Gasteiger partial charge < -0.3 is 10.1 Å². The summed E-state index contributed by atoms with van der Waals surface area (Å²) in [5, 5.41) is 7.22. The van der Waals surface area contributed by atoms with Crippen LogP contribution in [-0.4, -0.2) is 49.3 Å². The average Bonchev–Trinajstić information content (AvgIpc) is 3.16. The summed E-state index contributed by atoms with van der Waals surface area (Å²) in [7, 11) is 0. The Morgan fingerprint density at radius 3 is 2.80 bits per heavy atom. The van der Waals surface area contributed by atoms with Crippen LogP contribution in [0, 0.1) is 0 Å². The van der Waals surface area contributed by atoms with Gasteiger partial charge in [-0.15, -0.1) is 11.3 Å². The number of thiazole rings is 1. The van der Waals surface area contributed by atoms with Gasteiger partial charge >= 0.3 is 0 Å². The van der Waals surface area contributed by atoms with Crippen molar-refractivity contribution in [2.24, 2.45) is 0 Å². The molecule has 2 heterocycles. The molecule has 20 heavy (non-hydrogen) atoms. The number of hydrogen-bond acceptors (Lipinski definition) is 5. The minimum absolute atomic E-state index is 0.180. The summed E-state index contributed by atoms with van der Waals surface area (Å²) in [5.41, 5.74) is 0.180. The van der Waals surface area contributed by atoms with E-state index in [0.717, 1.165) is 32.8 Å². The number of aromatic nitrogens is 1. The molecule has 1 saturated heterocycles. The van der Waals surface area contributed by atoms with E-state index in [-0.39, 0.29) is 5.54 Å². The van der Waals surface area contributed by atoms with Crippen molar-refractivity contribution >= 4 is 11.3 Å². The third kappa shape index (κ3) is 3.39. The first-order valence-corrected chi connectivity index (χ1v) is 8.72. The van der Waals surface area contributed by atoms with Gasteiger partial charge in [-0.25, -0.2) is 4.98 Å². The quantitative estimate of drug-likeness (QED) is 0.817. The molecule has 1 aromatic rings. The van der Waals surface area contributed by atoms with Crippen LogP contribution in [0.25, 0.3) is 0 Å². The van der Waals surface area contributed by atoms with Crippen LogP contribution in [0.2, 0.25) is 0 Å². The van der Waals surface area contributed by atoms with Gasteiger partial charge in [0.05, 0.1) is 18.8 Å². The molecule has 1 aliphatic heterocycles. The largest absolute Gasteiger partial charge is 0.379 e. The smallest absolute Gasteiger partial charge is 0.113 e. The molecule has 3 rings (SSSR count). The zero-order valence-electron chi connectivity index (χ0n) is 12.1. The van der Waals surface area contributed by atoms with Crippen molar-refractivity contribution in [1.29, 1.82) is 0 Å². The first kappa shape index (κ1) is 14.4. The molecule has 1 saturated carbocycles. The fraction of sp³-hybridized carbons (Fsp3) is 0.800. The fourth-order valence-electron chi connectivity index (χ4n) is 3.36. The number of ether oxygens (including phenoxy) is 1. The summed E-state index contributed by atoms with van der Waals surface area (Å²) in [6, 6.07) is 0. The maximum absolute atomic E-state index is 5.39. The molecular weight excluding hydrogens is 270 g/mol. The standard InChI is InChI=1S/C15H25N3OS/c1-2-5-15(4-1,14-16-7-13-20-14)17-6-3-8-18-9-11-19-12-10-18/h7,13,17H,1-6,8-12H2. The molecule has 4 nitrogen and oxygen atoms in total. The van der Waals surface area contributed by atoms with E-state index in [1.54, 1.807) is 11.3 Å². The molecule has 5 heteroatoms. The van der Waals surface area contributed by atoms with E-state index >= 15 is 0 Å². The predicted octanol–water partition coefficient (Wildman–Crippen LogP) is 2.22. The third-order valence-corrected chi connectivity index (χ3v) is 5.49. The van der Waals surface area contributed by atoms with Gasteiger partial charge in [-0.05, 0) is 32.4 Å².